The van der Waals surface area contributed by atoms with Crippen molar-refractivity contribution in [3.63, 3.8) is 0 Å². The summed E-state index contributed by atoms with van der Waals surface area (Å²) in [6.45, 7) is 1.86. The zero-order valence-corrected chi connectivity index (χ0v) is 17.5. The van der Waals surface area contributed by atoms with Gasteiger partial charge >= 0.3 is 12.3 Å². The highest BCUT2D eigenvalue weighted by Crippen LogP contribution is 2.52. The van der Waals surface area contributed by atoms with Gasteiger partial charge in [0, 0.05) is 6.20 Å². The average Bonchev–Trinajstić information content (AvgIpc) is 3.51. The first kappa shape index (κ1) is 21.0. The van der Waals surface area contributed by atoms with E-state index < -0.39 is 23.7 Å². The molecule has 2 N–H and O–H groups in total. The van der Waals surface area contributed by atoms with E-state index in [1.54, 1.807) is 41.6 Å². The number of hydrogen-bond donors (Lipinski definition) is 2. The van der Waals surface area contributed by atoms with Gasteiger partial charge in [-0.05, 0) is 60.7 Å². The highest BCUT2D eigenvalue weighted by Gasteiger charge is 2.53. The maximum absolute atomic E-state index is 13.4. The Kier molecular flexibility index (Phi) is 4.66. The molecule has 1 amide bonds. The number of amides is 1. The number of carbonyl (C=O) groups excluding carboxylic acids is 1. The van der Waals surface area contributed by atoms with Crippen LogP contribution < -0.4 is 14.9 Å². The van der Waals surface area contributed by atoms with Gasteiger partial charge < -0.3 is 14.6 Å². The van der Waals surface area contributed by atoms with Crippen LogP contribution in [-0.2, 0) is 10.2 Å². The van der Waals surface area contributed by atoms with Crippen molar-refractivity contribution in [1.29, 1.82) is 0 Å². The van der Waals surface area contributed by atoms with Crippen LogP contribution in [0, 0.1) is 0 Å². The van der Waals surface area contributed by atoms with E-state index in [4.69, 9.17) is 0 Å². The number of nitrogens with zero attached hydrogens (tertiary/aromatic N) is 1. The number of hydrogen-bond acceptors (Lipinski definition) is 5. The minimum Gasteiger partial charge on any atom is -0.478 e. The van der Waals surface area contributed by atoms with Crippen molar-refractivity contribution in [2.45, 2.75) is 37.5 Å². The molecule has 0 spiro atoms. The number of allylic oxidation sites excluding steroid dienone is 2. The molecule has 2 aromatic carbocycles. The van der Waals surface area contributed by atoms with Gasteiger partial charge in [0.2, 0.25) is 5.91 Å². The Balaban J connectivity index is 1.42. The second-order valence-electron chi connectivity index (χ2n) is 8.31. The number of rotatable bonds is 5. The molecule has 33 heavy (non-hydrogen) atoms. The molecule has 170 valence electrons. The Bertz CT molecular complexity index is 1220. The number of carboxylic acids is 1. The number of alkyl halides is 2. The van der Waals surface area contributed by atoms with Crippen LogP contribution in [0.1, 0.15) is 47.3 Å². The first-order chi connectivity index (χ1) is 15.7. The summed E-state index contributed by atoms with van der Waals surface area (Å²) in [5, 5.41) is 11.2. The van der Waals surface area contributed by atoms with Crippen LogP contribution in [0.15, 0.2) is 66.4 Å². The zero-order valence-electron chi connectivity index (χ0n) is 17.5. The lowest BCUT2D eigenvalue weighted by atomic mass is 9.92. The molecule has 0 radical (unpaired) electrons. The molecule has 0 saturated heterocycles. The minimum atomic E-state index is -3.73. The quantitative estimate of drug-likeness (QED) is 0.701. The first-order valence-corrected chi connectivity index (χ1v) is 10.4. The Morgan fingerprint density at radius 1 is 1.12 bits per heavy atom. The van der Waals surface area contributed by atoms with Crippen molar-refractivity contribution in [3.8, 4) is 11.5 Å². The number of halogens is 2. The van der Waals surface area contributed by atoms with Crippen molar-refractivity contribution in [2.75, 3.05) is 0 Å². The molecule has 2 heterocycles. The Morgan fingerprint density at radius 2 is 1.85 bits per heavy atom. The van der Waals surface area contributed by atoms with Gasteiger partial charge in [0.25, 0.3) is 0 Å². The summed E-state index contributed by atoms with van der Waals surface area (Å²) in [5.41, 5.74) is 4.09. The third kappa shape index (κ3) is 3.59. The average molecular weight is 454 g/mol. The molecule has 1 atom stereocenters. The number of benzene rings is 2. The van der Waals surface area contributed by atoms with E-state index in [-0.39, 0.29) is 23.0 Å². The fraction of sp³-hybridized carbons (Fsp3) is 0.250. The van der Waals surface area contributed by atoms with Crippen molar-refractivity contribution < 1.29 is 33.0 Å². The van der Waals surface area contributed by atoms with Crippen molar-refractivity contribution in [2.24, 2.45) is 0 Å². The molecule has 7 nitrogen and oxygen atoms in total. The highest BCUT2D eigenvalue weighted by molar-refractivity contribution is 5.92. The van der Waals surface area contributed by atoms with Gasteiger partial charge in [-0.3, -0.25) is 15.2 Å². The summed E-state index contributed by atoms with van der Waals surface area (Å²) in [6.07, 6.45) is 2.64. The number of fused-ring (bicyclic) bond motifs is 1. The number of ether oxygens (including phenoxy) is 2. The van der Waals surface area contributed by atoms with Gasteiger partial charge in [-0.15, -0.1) is 8.78 Å². The van der Waals surface area contributed by atoms with Gasteiger partial charge in [0.15, 0.2) is 11.5 Å². The summed E-state index contributed by atoms with van der Waals surface area (Å²) >= 11 is 0. The zero-order chi connectivity index (χ0) is 23.4. The number of carboxylic acid groups (broad SMARTS) is 1. The molecular formula is C24H20F2N2O5. The predicted octanol–water partition coefficient (Wildman–Crippen LogP) is 4.29. The molecular weight excluding hydrogens is 434 g/mol. The summed E-state index contributed by atoms with van der Waals surface area (Å²) in [7, 11) is 0. The Morgan fingerprint density at radius 3 is 2.58 bits per heavy atom. The van der Waals surface area contributed by atoms with E-state index in [1.807, 2.05) is 13.0 Å². The van der Waals surface area contributed by atoms with Crippen LogP contribution in [0.2, 0.25) is 0 Å². The van der Waals surface area contributed by atoms with Crippen molar-refractivity contribution >= 4 is 11.9 Å². The number of aromatic carboxylic acids is 1. The number of hydrazine groups is 1. The largest absolute Gasteiger partial charge is 0.586 e. The fourth-order valence-corrected chi connectivity index (χ4v) is 4.35. The molecule has 3 aliphatic rings. The number of nitrogens with one attached hydrogen (secondary N) is 1. The van der Waals surface area contributed by atoms with Crippen LogP contribution in [0.3, 0.4) is 0 Å². The standard InChI is InChI=1S/C24H20F2N2O5/c1-14-5-4-12-28(20(14)16-6-2-3-7-17(16)21(29)30)27-22(31)23(10-11-23)15-8-9-18-19(13-15)33-24(25,26)32-18/h2-9,12-13,20H,10-11H2,1H3,(H,27,31)(H,29,30). The van der Waals surface area contributed by atoms with Gasteiger partial charge in [-0.1, -0.05) is 30.3 Å². The smallest absolute Gasteiger partial charge is 0.478 e. The highest BCUT2D eigenvalue weighted by atomic mass is 19.3. The van der Waals surface area contributed by atoms with Crippen LogP contribution in [0.4, 0.5) is 8.78 Å². The van der Waals surface area contributed by atoms with Gasteiger partial charge in [0.1, 0.15) is 0 Å². The van der Waals surface area contributed by atoms with Gasteiger partial charge in [-0.25, -0.2) is 4.79 Å². The van der Waals surface area contributed by atoms with Crippen LogP contribution in [0.25, 0.3) is 0 Å². The van der Waals surface area contributed by atoms with Crippen molar-refractivity contribution in [1.82, 2.24) is 10.4 Å². The van der Waals surface area contributed by atoms with Crippen LogP contribution >= 0.6 is 0 Å². The molecule has 9 heteroatoms. The minimum absolute atomic E-state index is 0.0787. The van der Waals surface area contributed by atoms with E-state index in [0.29, 0.717) is 24.0 Å². The predicted molar refractivity (Wildman–Crippen MR) is 113 cm³/mol. The molecule has 1 fully saturated rings. The monoisotopic (exact) mass is 454 g/mol. The lowest BCUT2D eigenvalue weighted by molar-refractivity contribution is -0.286. The molecule has 2 aliphatic heterocycles. The summed E-state index contributed by atoms with van der Waals surface area (Å²) in [6, 6.07) is 10.5. The van der Waals surface area contributed by atoms with E-state index in [2.05, 4.69) is 14.9 Å². The maximum atomic E-state index is 13.4. The lowest BCUT2D eigenvalue weighted by Gasteiger charge is -2.35. The van der Waals surface area contributed by atoms with Gasteiger partial charge in [0.05, 0.1) is 17.0 Å². The molecule has 1 saturated carbocycles. The summed E-state index contributed by atoms with van der Waals surface area (Å²) in [4.78, 5) is 25.2. The van der Waals surface area contributed by atoms with E-state index in [1.165, 1.54) is 18.2 Å². The third-order valence-electron chi connectivity index (χ3n) is 6.17. The lowest BCUT2D eigenvalue weighted by Crippen LogP contribution is -2.47. The second kappa shape index (κ2) is 7.33. The summed E-state index contributed by atoms with van der Waals surface area (Å²) in [5.74, 6) is -1.56. The SMILES string of the molecule is CC1=CC=CN(NC(=O)C2(c3ccc4c(c3)OC(F)(F)O4)CC2)C1c1ccccc1C(=O)O. The second-order valence-corrected chi connectivity index (χ2v) is 8.31. The fourth-order valence-electron chi connectivity index (χ4n) is 4.35. The molecule has 0 aromatic heterocycles. The third-order valence-corrected chi connectivity index (χ3v) is 6.17. The summed E-state index contributed by atoms with van der Waals surface area (Å²) < 4.78 is 35.8. The molecule has 0 bridgehead atoms. The topological polar surface area (TPSA) is 88.1 Å². The van der Waals surface area contributed by atoms with E-state index in [9.17, 15) is 23.5 Å². The van der Waals surface area contributed by atoms with Crippen molar-refractivity contribution in [3.05, 3.63) is 83.1 Å². The Hall–Kier alpha value is -3.88. The maximum Gasteiger partial charge on any atom is 0.586 e. The number of carbonyl (C=O) groups is 2. The molecule has 2 aromatic rings. The molecule has 1 unspecified atom stereocenters. The molecule has 5 rings (SSSR count). The van der Waals surface area contributed by atoms with Crippen LogP contribution in [0.5, 0.6) is 11.5 Å². The van der Waals surface area contributed by atoms with Gasteiger partial charge in [-0.2, -0.15) is 0 Å². The van der Waals surface area contributed by atoms with Crippen LogP contribution in [-0.4, -0.2) is 28.3 Å². The Labute approximate surface area is 187 Å². The molecule has 1 aliphatic carbocycles. The normalized spacial score (nSPS) is 21.4. The van der Waals surface area contributed by atoms with E-state index >= 15 is 0 Å². The van der Waals surface area contributed by atoms with E-state index in [0.717, 1.165) is 5.57 Å². The first-order valence-electron chi connectivity index (χ1n) is 10.4.